The van der Waals surface area contributed by atoms with Crippen molar-refractivity contribution >= 4 is 11.9 Å². The highest BCUT2D eigenvalue weighted by molar-refractivity contribution is 5.67. The van der Waals surface area contributed by atoms with Crippen LogP contribution in [-0.2, 0) is 27.4 Å². The van der Waals surface area contributed by atoms with Gasteiger partial charge in [0.1, 0.15) is 6.61 Å². The highest BCUT2D eigenvalue weighted by atomic mass is 16.7. The average molecular weight is 266 g/mol. The second-order valence-electron chi connectivity index (χ2n) is 4.15. The minimum Gasteiger partial charge on any atom is -0.481 e. The van der Waals surface area contributed by atoms with Crippen LogP contribution in [0.4, 0.5) is 0 Å². The van der Waals surface area contributed by atoms with Crippen molar-refractivity contribution < 1.29 is 28.9 Å². The molecule has 0 fully saturated rings. The Hall–Kier alpha value is -2.24. The van der Waals surface area contributed by atoms with Crippen molar-refractivity contribution in [3.8, 4) is 11.5 Å². The van der Waals surface area contributed by atoms with E-state index < -0.39 is 5.97 Å². The molecular formula is C13H14O6. The summed E-state index contributed by atoms with van der Waals surface area (Å²) in [7, 11) is 0. The van der Waals surface area contributed by atoms with Crippen LogP contribution in [0.1, 0.15) is 24.5 Å². The Morgan fingerprint density at radius 1 is 1.26 bits per heavy atom. The van der Waals surface area contributed by atoms with E-state index in [2.05, 4.69) is 0 Å². The Balaban J connectivity index is 2.21. The molecule has 6 nitrogen and oxygen atoms in total. The van der Waals surface area contributed by atoms with E-state index in [0.717, 1.165) is 11.1 Å². The summed E-state index contributed by atoms with van der Waals surface area (Å²) in [4.78, 5) is 21.5. The second kappa shape index (κ2) is 5.60. The highest BCUT2D eigenvalue weighted by Gasteiger charge is 2.18. The third kappa shape index (κ3) is 3.37. The summed E-state index contributed by atoms with van der Waals surface area (Å²) < 4.78 is 15.4. The Morgan fingerprint density at radius 2 is 1.89 bits per heavy atom. The lowest BCUT2D eigenvalue weighted by molar-refractivity contribution is -0.142. The largest absolute Gasteiger partial charge is 0.481 e. The Bertz CT molecular complexity index is 463. The molecule has 1 aliphatic heterocycles. The number of carboxylic acid groups (broad SMARTS) is 1. The number of carbonyl (C=O) groups is 2. The van der Waals surface area contributed by atoms with Crippen molar-refractivity contribution in [2.24, 2.45) is 0 Å². The molecule has 6 heteroatoms. The van der Waals surface area contributed by atoms with Crippen LogP contribution in [0.5, 0.6) is 11.5 Å². The maximum atomic E-state index is 10.9. The lowest BCUT2D eigenvalue weighted by Crippen LogP contribution is -2.04. The molecule has 0 atom stereocenters. The van der Waals surface area contributed by atoms with Crippen molar-refractivity contribution in [2.45, 2.75) is 26.4 Å². The van der Waals surface area contributed by atoms with Crippen LogP contribution in [0.25, 0.3) is 0 Å². The summed E-state index contributed by atoms with van der Waals surface area (Å²) >= 11 is 0. The van der Waals surface area contributed by atoms with Crippen LogP contribution >= 0.6 is 0 Å². The minimum absolute atomic E-state index is 0.00666. The fourth-order valence-electron chi connectivity index (χ4n) is 1.81. The average Bonchev–Trinajstić information content (AvgIpc) is 2.79. The molecule has 0 radical (unpaired) electrons. The number of rotatable bonds is 5. The number of carboxylic acids is 1. The smallest absolute Gasteiger partial charge is 0.303 e. The van der Waals surface area contributed by atoms with Crippen LogP contribution in [0.15, 0.2) is 12.1 Å². The first-order chi connectivity index (χ1) is 9.06. The Kier molecular flexibility index (Phi) is 3.89. The van der Waals surface area contributed by atoms with Gasteiger partial charge in [0.25, 0.3) is 0 Å². The zero-order chi connectivity index (χ0) is 13.8. The fraction of sp³-hybridized carbons (Fsp3) is 0.385. The summed E-state index contributed by atoms with van der Waals surface area (Å²) in [5.41, 5.74) is 1.52. The summed E-state index contributed by atoms with van der Waals surface area (Å²) in [5, 5.41) is 8.74. The summed E-state index contributed by atoms with van der Waals surface area (Å²) in [6.45, 7) is 1.57. The molecule has 0 saturated heterocycles. The van der Waals surface area contributed by atoms with Gasteiger partial charge >= 0.3 is 11.9 Å². The van der Waals surface area contributed by atoms with Gasteiger partial charge in [0.15, 0.2) is 11.5 Å². The number of esters is 1. The van der Waals surface area contributed by atoms with E-state index >= 15 is 0 Å². The van der Waals surface area contributed by atoms with Crippen molar-refractivity contribution in [3.05, 3.63) is 23.3 Å². The van der Waals surface area contributed by atoms with Gasteiger partial charge in [-0.25, -0.2) is 0 Å². The summed E-state index contributed by atoms with van der Waals surface area (Å²) in [6, 6.07) is 3.46. The van der Waals surface area contributed by atoms with Crippen LogP contribution in [0.2, 0.25) is 0 Å². The third-order valence-electron chi connectivity index (χ3n) is 2.73. The number of aliphatic carboxylic acids is 1. The number of hydrogen-bond acceptors (Lipinski definition) is 5. The maximum Gasteiger partial charge on any atom is 0.303 e. The van der Waals surface area contributed by atoms with Crippen LogP contribution in [0.3, 0.4) is 0 Å². The molecular weight excluding hydrogens is 252 g/mol. The Morgan fingerprint density at radius 3 is 2.47 bits per heavy atom. The highest BCUT2D eigenvalue weighted by Crippen LogP contribution is 2.35. The topological polar surface area (TPSA) is 82.1 Å². The molecule has 1 aromatic rings. The molecule has 2 rings (SSSR count). The standard InChI is InChI=1S/C13H14O6/c1-8(14)17-6-10-5-12-11(18-7-19-12)4-9(10)2-3-13(15)16/h4-5H,2-3,6-7H2,1H3,(H,15,16). The molecule has 0 aliphatic carbocycles. The number of aryl methyl sites for hydroxylation is 1. The minimum atomic E-state index is -0.879. The second-order valence-corrected chi connectivity index (χ2v) is 4.15. The van der Waals surface area contributed by atoms with Gasteiger partial charge in [-0.05, 0) is 29.7 Å². The third-order valence-corrected chi connectivity index (χ3v) is 2.73. The van der Waals surface area contributed by atoms with E-state index in [0.29, 0.717) is 17.9 Å². The van der Waals surface area contributed by atoms with Gasteiger partial charge in [-0.15, -0.1) is 0 Å². The quantitative estimate of drug-likeness (QED) is 0.813. The molecule has 1 N–H and O–H groups in total. The fourth-order valence-corrected chi connectivity index (χ4v) is 1.81. The maximum absolute atomic E-state index is 10.9. The van der Waals surface area contributed by atoms with Gasteiger partial charge in [-0.1, -0.05) is 0 Å². The number of ether oxygens (including phenoxy) is 3. The molecule has 102 valence electrons. The van der Waals surface area contributed by atoms with Crippen LogP contribution in [0, 0.1) is 0 Å². The molecule has 0 unspecified atom stereocenters. The first kappa shape index (κ1) is 13.2. The predicted molar refractivity (Wildman–Crippen MR) is 64.0 cm³/mol. The van der Waals surface area contributed by atoms with Crippen LogP contribution in [-0.4, -0.2) is 23.8 Å². The van der Waals surface area contributed by atoms with Crippen molar-refractivity contribution in [3.63, 3.8) is 0 Å². The predicted octanol–water partition coefficient (Wildman–Crippen LogP) is 1.50. The molecule has 0 aromatic heterocycles. The SMILES string of the molecule is CC(=O)OCc1cc2c(cc1CCC(=O)O)OCO2. The van der Waals surface area contributed by atoms with Gasteiger partial charge in [0.2, 0.25) is 6.79 Å². The van der Waals surface area contributed by atoms with E-state index in [9.17, 15) is 9.59 Å². The van der Waals surface area contributed by atoms with Crippen molar-refractivity contribution in [1.29, 1.82) is 0 Å². The van der Waals surface area contributed by atoms with Gasteiger partial charge < -0.3 is 19.3 Å². The normalized spacial score (nSPS) is 12.3. The number of benzene rings is 1. The van der Waals surface area contributed by atoms with Crippen molar-refractivity contribution in [1.82, 2.24) is 0 Å². The van der Waals surface area contributed by atoms with Gasteiger partial charge in [0.05, 0.1) is 0 Å². The summed E-state index contributed by atoms with van der Waals surface area (Å²) in [6.07, 6.45) is 0.356. The number of carbonyl (C=O) groups excluding carboxylic acids is 1. The Labute approximate surface area is 109 Å². The van der Waals surface area contributed by atoms with E-state index in [1.807, 2.05) is 0 Å². The zero-order valence-electron chi connectivity index (χ0n) is 10.5. The molecule has 1 heterocycles. The molecule has 1 aromatic carbocycles. The number of fused-ring (bicyclic) bond motifs is 1. The number of hydrogen-bond donors (Lipinski definition) is 1. The van der Waals surface area contributed by atoms with E-state index in [4.69, 9.17) is 19.3 Å². The first-order valence-electron chi connectivity index (χ1n) is 5.83. The molecule has 0 amide bonds. The lowest BCUT2D eigenvalue weighted by Gasteiger charge is -2.10. The molecule has 0 saturated carbocycles. The van der Waals surface area contributed by atoms with Crippen LogP contribution < -0.4 is 9.47 Å². The molecule has 0 bridgehead atoms. The van der Waals surface area contributed by atoms with Gasteiger partial charge in [-0.2, -0.15) is 0 Å². The zero-order valence-corrected chi connectivity index (χ0v) is 10.5. The van der Waals surface area contributed by atoms with Crippen molar-refractivity contribution in [2.75, 3.05) is 6.79 Å². The molecule has 0 spiro atoms. The first-order valence-corrected chi connectivity index (χ1v) is 5.83. The molecule has 1 aliphatic rings. The van der Waals surface area contributed by atoms with E-state index in [1.165, 1.54) is 6.92 Å². The van der Waals surface area contributed by atoms with Gasteiger partial charge in [0, 0.05) is 13.3 Å². The summed E-state index contributed by atoms with van der Waals surface area (Å²) in [5.74, 6) is -0.0915. The lowest BCUT2D eigenvalue weighted by atomic mass is 10.0. The van der Waals surface area contributed by atoms with E-state index in [-0.39, 0.29) is 25.8 Å². The molecule has 19 heavy (non-hydrogen) atoms. The van der Waals surface area contributed by atoms with Gasteiger partial charge in [-0.3, -0.25) is 9.59 Å². The monoisotopic (exact) mass is 266 g/mol. The van der Waals surface area contributed by atoms with E-state index in [1.54, 1.807) is 12.1 Å².